The van der Waals surface area contributed by atoms with Gasteiger partial charge in [0.05, 0.1) is 5.70 Å². The second kappa shape index (κ2) is 4.77. The minimum Gasteiger partial charge on any atom is -0.273 e. The summed E-state index contributed by atoms with van der Waals surface area (Å²) in [4.78, 5) is 11.5. The van der Waals surface area contributed by atoms with Gasteiger partial charge in [0.1, 0.15) is 0 Å². The molecule has 1 fully saturated rings. The first kappa shape index (κ1) is 10.7. The molecule has 1 atom stereocenters. The lowest BCUT2D eigenvalue weighted by atomic mass is 10.2. The highest BCUT2D eigenvalue weighted by atomic mass is 16.2. The highest BCUT2D eigenvalue weighted by Crippen LogP contribution is 2.14. The van der Waals surface area contributed by atoms with E-state index >= 15 is 0 Å². The lowest BCUT2D eigenvalue weighted by Crippen LogP contribution is -2.35. The number of rotatable bonds is 3. The molecule has 1 amide bonds. The third-order valence-electron chi connectivity index (χ3n) is 2.04. The zero-order valence-electron chi connectivity index (χ0n) is 8.66. The van der Waals surface area contributed by atoms with Crippen LogP contribution in [-0.4, -0.2) is 17.0 Å². The van der Waals surface area contributed by atoms with E-state index in [2.05, 4.69) is 12.0 Å². The van der Waals surface area contributed by atoms with Crippen molar-refractivity contribution in [3.63, 3.8) is 0 Å². The molecule has 0 unspecified atom stereocenters. The summed E-state index contributed by atoms with van der Waals surface area (Å²) in [5.41, 5.74) is 3.95. The number of carbonyl (C=O) groups is 1. The topological polar surface area (TPSA) is 32.3 Å². The van der Waals surface area contributed by atoms with Crippen molar-refractivity contribution < 1.29 is 4.79 Å². The molecule has 14 heavy (non-hydrogen) atoms. The smallest absolute Gasteiger partial charge is 0.242 e. The zero-order chi connectivity index (χ0) is 10.6. The van der Waals surface area contributed by atoms with Crippen molar-refractivity contribution in [2.45, 2.75) is 26.3 Å². The number of hydrazine groups is 1. The van der Waals surface area contributed by atoms with Crippen LogP contribution < -0.4 is 5.43 Å². The van der Waals surface area contributed by atoms with Crippen LogP contribution >= 0.6 is 0 Å². The van der Waals surface area contributed by atoms with E-state index in [1.165, 1.54) is 0 Å². The SMILES string of the molecule is C=C/C=C\C(=C/C)N1N[C@@H](C)CC1=O. The molecule has 0 aromatic heterocycles. The van der Waals surface area contributed by atoms with Gasteiger partial charge in [-0.3, -0.25) is 4.79 Å². The summed E-state index contributed by atoms with van der Waals surface area (Å²) in [6, 6.07) is 0.217. The summed E-state index contributed by atoms with van der Waals surface area (Å²) in [6.45, 7) is 7.48. The van der Waals surface area contributed by atoms with Gasteiger partial charge < -0.3 is 0 Å². The fourth-order valence-corrected chi connectivity index (χ4v) is 1.38. The maximum atomic E-state index is 11.5. The van der Waals surface area contributed by atoms with Crippen molar-refractivity contribution >= 4 is 5.91 Å². The van der Waals surface area contributed by atoms with Gasteiger partial charge >= 0.3 is 0 Å². The summed E-state index contributed by atoms with van der Waals surface area (Å²) >= 11 is 0. The van der Waals surface area contributed by atoms with E-state index in [0.29, 0.717) is 6.42 Å². The van der Waals surface area contributed by atoms with Gasteiger partial charge in [-0.15, -0.1) is 0 Å². The van der Waals surface area contributed by atoms with Crippen LogP contribution in [0.15, 0.2) is 36.6 Å². The molecule has 1 aliphatic rings. The molecular weight excluding hydrogens is 176 g/mol. The van der Waals surface area contributed by atoms with E-state index in [0.717, 1.165) is 5.70 Å². The van der Waals surface area contributed by atoms with E-state index in [-0.39, 0.29) is 11.9 Å². The van der Waals surface area contributed by atoms with Crippen molar-refractivity contribution in [1.29, 1.82) is 0 Å². The zero-order valence-corrected chi connectivity index (χ0v) is 8.66. The molecule has 0 bridgehead atoms. The minimum atomic E-state index is 0.110. The van der Waals surface area contributed by atoms with Gasteiger partial charge in [-0.05, 0) is 19.9 Å². The number of nitrogens with one attached hydrogen (secondary N) is 1. The van der Waals surface area contributed by atoms with Gasteiger partial charge in [0, 0.05) is 12.5 Å². The Labute approximate surface area is 84.8 Å². The molecule has 0 aliphatic carbocycles. The van der Waals surface area contributed by atoms with E-state index in [9.17, 15) is 4.79 Å². The first-order chi connectivity index (χ1) is 6.69. The molecular formula is C11H16N2O. The third-order valence-corrected chi connectivity index (χ3v) is 2.04. The molecule has 1 N–H and O–H groups in total. The Morgan fingerprint density at radius 1 is 1.71 bits per heavy atom. The van der Waals surface area contributed by atoms with Gasteiger partial charge in [0.25, 0.3) is 0 Å². The minimum absolute atomic E-state index is 0.110. The largest absolute Gasteiger partial charge is 0.273 e. The van der Waals surface area contributed by atoms with Crippen LogP contribution in [0.5, 0.6) is 0 Å². The molecule has 76 valence electrons. The van der Waals surface area contributed by atoms with Crippen molar-refractivity contribution in [3.05, 3.63) is 36.6 Å². The first-order valence-corrected chi connectivity index (χ1v) is 4.73. The van der Waals surface area contributed by atoms with E-state index in [1.807, 2.05) is 32.1 Å². The third kappa shape index (κ3) is 2.33. The van der Waals surface area contributed by atoms with Crippen LogP contribution in [0.1, 0.15) is 20.3 Å². The standard InChI is InChI=1S/C11H16N2O/c1-4-6-7-10(5-2)13-11(14)8-9(3)12-13/h4-7,9,12H,1,8H2,2-3H3/b7-6-,10-5+/t9-/m0/s1. The van der Waals surface area contributed by atoms with E-state index < -0.39 is 0 Å². The number of hydrogen-bond donors (Lipinski definition) is 1. The maximum absolute atomic E-state index is 11.5. The Hall–Kier alpha value is -1.35. The van der Waals surface area contributed by atoms with E-state index in [1.54, 1.807) is 11.1 Å². The highest BCUT2D eigenvalue weighted by molar-refractivity contribution is 5.80. The molecule has 3 heteroatoms. The molecule has 0 radical (unpaired) electrons. The molecule has 1 rings (SSSR count). The molecule has 1 saturated heterocycles. The maximum Gasteiger partial charge on any atom is 0.242 e. The fourth-order valence-electron chi connectivity index (χ4n) is 1.38. The normalized spacial score (nSPS) is 23.6. The Morgan fingerprint density at radius 2 is 2.43 bits per heavy atom. The summed E-state index contributed by atoms with van der Waals surface area (Å²) in [5.74, 6) is 0.110. The van der Waals surface area contributed by atoms with Crippen LogP contribution in [0.25, 0.3) is 0 Å². The van der Waals surface area contributed by atoms with Crippen LogP contribution in [0.3, 0.4) is 0 Å². The average molecular weight is 192 g/mol. The number of nitrogens with zero attached hydrogens (tertiary/aromatic N) is 1. The van der Waals surface area contributed by atoms with Gasteiger partial charge in [-0.25, -0.2) is 10.4 Å². The molecule has 0 spiro atoms. The molecule has 0 aromatic carbocycles. The molecule has 0 saturated carbocycles. The lowest BCUT2D eigenvalue weighted by Gasteiger charge is -2.17. The quantitative estimate of drug-likeness (QED) is 0.691. The Bertz CT molecular complexity index is 292. The summed E-state index contributed by atoms with van der Waals surface area (Å²) in [7, 11) is 0. The van der Waals surface area contributed by atoms with Crippen molar-refractivity contribution in [1.82, 2.24) is 10.4 Å². The van der Waals surface area contributed by atoms with Gasteiger partial charge in [0.15, 0.2) is 0 Å². The number of amides is 1. The second-order valence-corrected chi connectivity index (χ2v) is 3.27. The molecule has 1 heterocycles. The highest BCUT2D eigenvalue weighted by Gasteiger charge is 2.27. The predicted octanol–water partition coefficient (Wildman–Crippen LogP) is 1.76. The lowest BCUT2D eigenvalue weighted by molar-refractivity contribution is -0.127. The molecule has 1 aliphatic heterocycles. The molecule has 0 aromatic rings. The average Bonchev–Trinajstić information content (AvgIpc) is 2.47. The fraction of sp³-hybridized carbons (Fsp3) is 0.364. The van der Waals surface area contributed by atoms with Gasteiger partial charge in [-0.1, -0.05) is 24.8 Å². The number of allylic oxidation sites excluding steroid dienone is 4. The van der Waals surface area contributed by atoms with Crippen molar-refractivity contribution in [3.8, 4) is 0 Å². The van der Waals surface area contributed by atoms with Crippen LogP contribution in [0.4, 0.5) is 0 Å². The van der Waals surface area contributed by atoms with Crippen molar-refractivity contribution in [2.24, 2.45) is 0 Å². The summed E-state index contributed by atoms with van der Waals surface area (Å²) in [5, 5.41) is 1.59. The Kier molecular flexibility index (Phi) is 3.65. The number of hydrogen-bond acceptors (Lipinski definition) is 2. The first-order valence-electron chi connectivity index (χ1n) is 4.73. The monoisotopic (exact) mass is 192 g/mol. The van der Waals surface area contributed by atoms with Crippen LogP contribution in [0, 0.1) is 0 Å². The Morgan fingerprint density at radius 3 is 2.86 bits per heavy atom. The number of carbonyl (C=O) groups excluding carboxylic acids is 1. The summed E-state index contributed by atoms with van der Waals surface area (Å²) < 4.78 is 0. The van der Waals surface area contributed by atoms with Gasteiger partial charge in [-0.2, -0.15) is 0 Å². The van der Waals surface area contributed by atoms with Gasteiger partial charge in [0.2, 0.25) is 5.91 Å². The predicted molar refractivity (Wildman–Crippen MR) is 57.2 cm³/mol. The van der Waals surface area contributed by atoms with Crippen LogP contribution in [-0.2, 0) is 4.79 Å². The van der Waals surface area contributed by atoms with Crippen LogP contribution in [0.2, 0.25) is 0 Å². The summed E-state index contributed by atoms with van der Waals surface area (Å²) in [6.07, 6.45) is 7.80. The molecule has 3 nitrogen and oxygen atoms in total. The second-order valence-electron chi connectivity index (χ2n) is 3.27. The van der Waals surface area contributed by atoms with Crippen molar-refractivity contribution in [2.75, 3.05) is 0 Å². The van der Waals surface area contributed by atoms with E-state index in [4.69, 9.17) is 0 Å². The Balaban J connectivity index is 2.76.